The fourth-order valence-electron chi connectivity index (χ4n) is 1.46. The van der Waals surface area contributed by atoms with Crippen molar-refractivity contribution in [1.29, 1.82) is 5.26 Å². The second-order valence-electron chi connectivity index (χ2n) is 5.29. The van der Waals surface area contributed by atoms with Gasteiger partial charge in [-0.15, -0.1) is 0 Å². The Balaban J connectivity index is 3.09. The summed E-state index contributed by atoms with van der Waals surface area (Å²) in [6, 6.07) is 6.36. The number of benzene rings is 1. The molecule has 0 unspecified atom stereocenters. The van der Waals surface area contributed by atoms with Crippen molar-refractivity contribution in [3.05, 3.63) is 24.3 Å². The van der Waals surface area contributed by atoms with E-state index >= 15 is 0 Å². The van der Waals surface area contributed by atoms with Crippen LogP contribution in [-0.2, 0) is 9.84 Å². The smallest absolute Gasteiger partial charge is 0.209 e. The molecule has 0 aliphatic carbocycles. The number of sulfone groups is 1. The first-order valence-electron chi connectivity index (χ1n) is 6.50. The summed E-state index contributed by atoms with van der Waals surface area (Å²) >= 11 is 0. The van der Waals surface area contributed by atoms with Crippen LogP contribution >= 0.6 is 0 Å². The number of hydrogen-bond acceptors (Lipinski definition) is 4. The lowest BCUT2D eigenvalue weighted by atomic mass is 10.0. The van der Waals surface area contributed by atoms with Gasteiger partial charge in [-0.1, -0.05) is 13.0 Å². The first-order chi connectivity index (χ1) is 9.68. The highest BCUT2D eigenvalue weighted by Crippen LogP contribution is 2.17. The zero-order valence-electron chi connectivity index (χ0n) is 12.6. The lowest BCUT2D eigenvalue weighted by molar-refractivity contribution is 0.503. The molecule has 0 spiro atoms. The maximum Gasteiger partial charge on any atom is 0.209 e. The molecule has 0 amide bonds. The van der Waals surface area contributed by atoms with Crippen LogP contribution in [0.3, 0.4) is 0 Å². The van der Waals surface area contributed by atoms with Gasteiger partial charge in [0.1, 0.15) is 0 Å². The molecule has 0 fully saturated rings. The highest BCUT2D eigenvalue weighted by atomic mass is 32.2. The van der Waals surface area contributed by atoms with Gasteiger partial charge in [0.15, 0.2) is 16.0 Å². The van der Waals surface area contributed by atoms with Crippen molar-refractivity contribution in [3.8, 4) is 6.19 Å². The Morgan fingerprint density at radius 3 is 2.62 bits per heavy atom. The van der Waals surface area contributed by atoms with Gasteiger partial charge in [-0.25, -0.2) is 13.4 Å². The van der Waals surface area contributed by atoms with E-state index < -0.39 is 9.84 Å². The van der Waals surface area contributed by atoms with E-state index in [1.54, 1.807) is 12.1 Å². The van der Waals surface area contributed by atoms with E-state index in [2.05, 4.69) is 15.6 Å². The van der Waals surface area contributed by atoms with Crippen LogP contribution in [0.25, 0.3) is 0 Å². The van der Waals surface area contributed by atoms with Gasteiger partial charge in [0.25, 0.3) is 0 Å². The molecule has 0 saturated carbocycles. The summed E-state index contributed by atoms with van der Waals surface area (Å²) in [6.45, 7) is 5.89. The van der Waals surface area contributed by atoms with Crippen LogP contribution in [0.1, 0.15) is 27.2 Å². The van der Waals surface area contributed by atoms with Gasteiger partial charge in [-0.2, -0.15) is 5.26 Å². The van der Waals surface area contributed by atoms with Crippen molar-refractivity contribution in [2.24, 2.45) is 4.99 Å². The first kappa shape index (κ1) is 17.0. The molecule has 21 heavy (non-hydrogen) atoms. The summed E-state index contributed by atoms with van der Waals surface area (Å²) in [5, 5.41) is 14.2. The van der Waals surface area contributed by atoms with Crippen molar-refractivity contribution in [2.45, 2.75) is 37.6 Å². The van der Waals surface area contributed by atoms with Gasteiger partial charge in [-0.05, 0) is 38.5 Å². The summed E-state index contributed by atoms with van der Waals surface area (Å²) in [5.74, 6) is 0.287. The Kier molecular flexibility index (Phi) is 5.33. The van der Waals surface area contributed by atoms with E-state index in [0.717, 1.165) is 12.7 Å². The van der Waals surface area contributed by atoms with Crippen molar-refractivity contribution in [2.75, 3.05) is 11.6 Å². The van der Waals surface area contributed by atoms with Crippen molar-refractivity contribution in [3.63, 3.8) is 0 Å². The Morgan fingerprint density at radius 2 is 2.10 bits per heavy atom. The van der Waals surface area contributed by atoms with Crippen molar-refractivity contribution in [1.82, 2.24) is 5.32 Å². The van der Waals surface area contributed by atoms with Gasteiger partial charge >= 0.3 is 0 Å². The predicted molar refractivity (Wildman–Crippen MR) is 83.7 cm³/mol. The number of aliphatic imine (C=N–C) groups is 1. The summed E-state index contributed by atoms with van der Waals surface area (Å²) in [5.41, 5.74) is 0.215. The fraction of sp³-hybridized carbons (Fsp3) is 0.429. The molecule has 0 aromatic heterocycles. The third kappa shape index (κ3) is 5.44. The van der Waals surface area contributed by atoms with Crippen LogP contribution in [0.2, 0.25) is 0 Å². The molecule has 0 bridgehead atoms. The zero-order valence-corrected chi connectivity index (χ0v) is 13.5. The number of guanidine groups is 1. The van der Waals surface area contributed by atoms with Gasteiger partial charge in [0.05, 0.1) is 10.4 Å². The lowest BCUT2D eigenvalue weighted by Crippen LogP contribution is -2.31. The molecule has 0 atom stereocenters. The molecular formula is C14H20N4O2S. The largest absolute Gasteiger partial charge is 0.325 e. The minimum atomic E-state index is -3.28. The zero-order chi connectivity index (χ0) is 16.1. The number of anilines is 1. The maximum absolute atomic E-state index is 11.5. The molecule has 1 aromatic rings. The molecule has 1 rings (SSSR count). The van der Waals surface area contributed by atoms with Crippen LogP contribution in [0.4, 0.5) is 5.69 Å². The SMILES string of the molecule is CCC(C)(C)N=C(NC#N)Nc1cccc(S(C)(=O)=O)c1. The van der Waals surface area contributed by atoms with Crippen LogP contribution in [0, 0.1) is 11.5 Å². The molecular weight excluding hydrogens is 288 g/mol. The Bertz CT molecular complexity index is 672. The Morgan fingerprint density at radius 1 is 1.43 bits per heavy atom. The van der Waals surface area contributed by atoms with E-state index in [9.17, 15) is 8.42 Å². The van der Waals surface area contributed by atoms with Crippen LogP contribution < -0.4 is 10.6 Å². The summed E-state index contributed by atoms with van der Waals surface area (Å²) in [4.78, 5) is 4.63. The van der Waals surface area contributed by atoms with Gasteiger partial charge in [-0.3, -0.25) is 5.32 Å². The molecule has 2 N–H and O–H groups in total. The number of nitrogens with zero attached hydrogens (tertiary/aromatic N) is 2. The standard InChI is InChI=1S/C14H20N4O2S/c1-5-14(2,3)18-13(16-10-15)17-11-7-6-8-12(9-11)21(4,19)20/h6-9H,5H2,1-4H3,(H2,16,17,18). The van der Waals surface area contributed by atoms with E-state index in [-0.39, 0.29) is 16.4 Å². The number of rotatable bonds is 4. The molecule has 6 nitrogen and oxygen atoms in total. The van der Waals surface area contributed by atoms with Gasteiger partial charge < -0.3 is 5.32 Å². The summed E-state index contributed by atoms with van der Waals surface area (Å²) < 4.78 is 23.1. The number of nitriles is 1. The van der Waals surface area contributed by atoms with E-state index in [1.807, 2.05) is 27.0 Å². The summed E-state index contributed by atoms with van der Waals surface area (Å²) in [6.07, 6.45) is 3.77. The minimum absolute atomic E-state index is 0.207. The molecule has 0 aliphatic heterocycles. The van der Waals surface area contributed by atoms with Crippen LogP contribution in [0.5, 0.6) is 0 Å². The van der Waals surface area contributed by atoms with Crippen molar-refractivity contribution >= 4 is 21.5 Å². The summed E-state index contributed by atoms with van der Waals surface area (Å²) in [7, 11) is -3.28. The fourth-order valence-corrected chi connectivity index (χ4v) is 2.13. The average Bonchev–Trinajstić information content (AvgIpc) is 2.38. The van der Waals surface area contributed by atoms with Gasteiger partial charge in [0.2, 0.25) is 5.96 Å². The highest BCUT2D eigenvalue weighted by molar-refractivity contribution is 7.90. The Labute approximate surface area is 125 Å². The topological polar surface area (TPSA) is 94.3 Å². The molecule has 0 heterocycles. The van der Waals surface area contributed by atoms with E-state index in [1.165, 1.54) is 12.1 Å². The third-order valence-corrected chi connectivity index (χ3v) is 4.09. The second kappa shape index (κ2) is 6.59. The molecule has 0 radical (unpaired) electrons. The number of hydrogen-bond donors (Lipinski definition) is 2. The molecule has 1 aromatic carbocycles. The first-order valence-corrected chi connectivity index (χ1v) is 8.39. The van der Waals surface area contributed by atoms with E-state index in [4.69, 9.17) is 5.26 Å². The van der Waals surface area contributed by atoms with Gasteiger partial charge in [0, 0.05) is 11.9 Å². The minimum Gasteiger partial charge on any atom is -0.325 e. The monoisotopic (exact) mass is 308 g/mol. The number of nitrogens with one attached hydrogen (secondary N) is 2. The van der Waals surface area contributed by atoms with E-state index in [0.29, 0.717) is 5.69 Å². The quantitative estimate of drug-likeness (QED) is 0.384. The molecule has 114 valence electrons. The highest BCUT2D eigenvalue weighted by Gasteiger charge is 2.15. The average molecular weight is 308 g/mol. The van der Waals surface area contributed by atoms with Crippen molar-refractivity contribution < 1.29 is 8.42 Å². The lowest BCUT2D eigenvalue weighted by Gasteiger charge is -2.19. The maximum atomic E-state index is 11.5. The Hall–Kier alpha value is -2.07. The van der Waals surface area contributed by atoms with Crippen LogP contribution in [-0.4, -0.2) is 26.2 Å². The predicted octanol–water partition coefficient (Wildman–Crippen LogP) is 2.12. The third-order valence-electron chi connectivity index (χ3n) is 2.98. The second-order valence-corrected chi connectivity index (χ2v) is 7.30. The van der Waals surface area contributed by atoms with Crippen LogP contribution in [0.15, 0.2) is 34.2 Å². The molecule has 0 aliphatic rings. The normalized spacial score (nSPS) is 12.6. The molecule has 7 heteroatoms. The molecule has 0 saturated heterocycles.